The Balaban J connectivity index is 3.21. The molecule has 0 atom stereocenters. The van der Waals surface area contributed by atoms with Crippen molar-refractivity contribution in [2.75, 3.05) is 0 Å². The highest BCUT2D eigenvalue weighted by Gasteiger charge is 2.06. The van der Waals surface area contributed by atoms with Crippen molar-refractivity contribution in [2.45, 2.75) is 27.2 Å². The van der Waals surface area contributed by atoms with Gasteiger partial charge in [-0.3, -0.25) is 0 Å². The lowest BCUT2D eigenvalue weighted by molar-refractivity contribution is 1.17. The molecule has 0 unspecified atom stereocenters. The minimum absolute atomic E-state index is 0.825. The molecule has 1 aromatic carbocycles. The Morgan fingerprint density at radius 1 is 1.24 bits per heavy atom. The van der Waals surface area contributed by atoms with E-state index in [4.69, 9.17) is 5.73 Å². The summed E-state index contributed by atoms with van der Waals surface area (Å²) < 4.78 is 0. The molecule has 1 nitrogen and oxygen atoms in total. The van der Waals surface area contributed by atoms with E-state index in [1.165, 1.54) is 0 Å². The number of hydrogen-bond donors (Lipinski definition) is 1. The lowest BCUT2D eigenvalue weighted by atomic mass is 9.97. The molecule has 17 heavy (non-hydrogen) atoms. The predicted molar refractivity (Wildman–Crippen MR) is 76.4 cm³/mol. The molecule has 0 fully saturated rings. The Morgan fingerprint density at radius 3 is 2.29 bits per heavy atom. The number of hydrogen-bond acceptors (Lipinski definition) is 1. The van der Waals surface area contributed by atoms with E-state index in [0.717, 1.165) is 34.4 Å². The molecule has 1 aromatic rings. The van der Waals surface area contributed by atoms with Gasteiger partial charge in [-0.2, -0.15) is 0 Å². The summed E-state index contributed by atoms with van der Waals surface area (Å²) >= 11 is 0. The molecule has 0 amide bonds. The minimum Gasteiger partial charge on any atom is -0.398 e. The van der Waals surface area contributed by atoms with Crippen LogP contribution in [0.2, 0.25) is 0 Å². The van der Waals surface area contributed by atoms with E-state index in [0.29, 0.717) is 0 Å². The zero-order valence-corrected chi connectivity index (χ0v) is 11.0. The van der Waals surface area contributed by atoms with Gasteiger partial charge in [-0.15, -0.1) is 0 Å². The van der Waals surface area contributed by atoms with Gasteiger partial charge in [0.1, 0.15) is 0 Å². The van der Waals surface area contributed by atoms with Gasteiger partial charge in [0, 0.05) is 5.70 Å². The summed E-state index contributed by atoms with van der Waals surface area (Å²) in [6.45, 7) is 10.1. The van der Waals surface area contributed by atoms with Gasteiger partial charge in [-0.1, -0.05) is 49.9 Å². The Bertz CT molecular complexity index is 450. The van der Waals surface area contributed by atoms with Gasteiger partial charge in [0.25, 0.3) is 0 Å². The van der Waals surface area contributed by atoms with E-state index >= 15 is 0 Å². The standard InChI is InChI=1S/C16H21N/c1-5-9-15(12(2)3)16(17)13(4)14-10-7-6-8-11-14/h6-11H,2,5,17H2,1,3-4H3/b15-9+,16-13-. The molecule has 1 heteroatoms. The van der Waals surface area contributed by atoms with Crippen LogP contribution in [0.1, 0.15) is 32.8 Å². The van der Waals surface area contributed by atoms with Crippen molar-refractivity contribution in [3.8, 4) is 0 Å². The SMILES string of the molecule is C=C(C)C(=C\CC)/C(N)=C(\C)c1ccccc1. The normalized spacial score (nSPS) is 13.2. The van der Waals surface area contributed by atoms with Crippen LogP contribution in [0.25, 0.3) is 5.57 Å². The summed E-state index contributed by atoms with van der Waals surface area (Å²) in [6, 6.07) is 10.2. The lowest BCUT2D eigenvalue weighted by Gasteiger charge is -2.12. The first-order chi connectivity index (χ1) is 8.07. The van der Waals surface area contributed by atoms with E-state index in [9.17, 15) is 0 Å². The van der Waals surface area contributed by atoms with Gasteiger partial charge in [0.15, 0.2) is 0 Å². The van der Waals surface area contributed by atoms with Crippen LogP contribution in [-0.2, 0) is 0 Å². The molecule has 0 aliphatic carbocycles. The minimum atomic E-state index is 0.825. The van der Waals surface area contributed by atoms with Crippen LogP contribution in [0.15, 0.2) is 59.8 Å². The first-order valence-electron chi connectivity index (χ1n) is 5.96. The van der Waals surface area contributed by atoms with Gasteiger partial charge < -0.3 is 5.73 Å². The topological polar surface area (TPSA) is 26.0 Å². The maximum atomic E-state index is 6.23. The Morgan fingerprint density at radius 2 is 1.82 bits per heavy atom. The Labute approximate surface area is 104 Å². The van der Waals surface area contributed by atoms with E-state index in [1.54, 1.807) is 0 Å². The van der Waals surface area contributed by atoms with E-state index in [1.807, 2.05) is 25.1 Å². The van der Waals surface area contributed by atoms with Gasteiger partial charge >= 0.3 is 0 Å². The molecular formula is C16H21N. The first kappa shape index (κ1) is 13.3. The number of rotatable bonds is 4. The number of benzene rings is 1. The highest BCUT2D eigenvalue weighted by molar-refractivity contribution is 5.71. The summed E-state index contributed by atoms with van der Waals surface area (Å²) in [7, 11) is 0. The third-order valence-electron chi connectivity index (χ3n) is 2.77. The summed E-state index contributed by atoms with van der Waals surface area (Å²) in [4.78, 5) is 0. The van der Waals surface area contributed by atoms with Crippen LogP contribution in [0.3, 0.4) is 0 Å². The summed E-state index contributed by atoms with van der Waals surface area (Å²) in [6.07, 6.45) is 3.09. The second-order valence-electron chi connectivity index (χ2n) is 4.21. The highest BCUT2D eigenvalue weighted by Crippen LogP contribution is 2.23. The van der Waals surface area contributed by atoms with Crippen LogP contribution >= 0.6 is 0 Å². The van der Waals surface area contributed by atoms with Crippen molar-refractivity contribution in [3.63, 3.8) is 0 Å². The van der Waals surface area contributed by atoms with E-state index in [2.05, 4.69) is 38.6 Å². The second kappa shape index (κ2) is 6.09. The molecule has 0 saturated carbocycles. The zero-order valence-electron chi connectivity index (χ0n) is 11.0. The average Bonchev–Trinajstić information content (AvgIpc) is 2.35. The second-order valence-corrected chi connectivity index (χ2v) is 4.21. The van der Waals surface area contributed by atoms with Crippen LogP contribution in [-0.4, -0.2) is 0 Å². The summed E-state index contributed by atoms with van der Waals surface area (Å²) in [5.41, 5.74) is 11.4. The summed E-state index contributed by atoms with van der Waals surface area (Å²) in [5, 5.41) is 0. The first-order valence-corrected chi connectivity index (χ1v) is 5.96. The van der Waals surface area contributed by atoms with Crippen molar-refractivity contribution in [3.05, 3.63) is 65.4 Å². The number of allylic oxidation sites excluding steroid dienone is 3. The van der Waals surface area contributed by atoms with Crippen LogP contribution in [0.4, 0.5) is 0 Å². The fourth-order valence-corrected chi connectivity index (χ4v) is 1.76. The van der Waals surface area contributed by atoms with Crippen LogP contribution in [0.5, 0.6) is 0 Å². The van der Waals surface area contributed by atoms with Crippen molar-refractivity contribution >= 4 is 5.57 Å². The van der Waals surface area contributed by atoms with Crippen molar-refractivity contribution in [2.24, 2.45) is 5.73 Å². The molecule has 0 aromatic heterocycles. The summed E-state index contributed by atoms with van der Waals surface area (Å²) in [5.74, 6) is 0. The van der Waals surface area contributed by atoms with Crippen LogP contribution < -0.4 is 5.73 Å². The maximum Gasteiger partial charge on any atom is 0.0422 e. The molecule has 0 bridgehead atoms. The third kappa shape index (κ3) is 3.35. The Kier molecular flexibility index (Phi) is 4.77. The quantitative estimate of drug-likeness (QED) is 0.763. The number of nitrogens with two attached hydrogens (primary N) is 1. The predicted octanol–water partition coefficient (Wildman–Crippen LogP) is 4.29. The van der Waals surface area contributed by atoms with Crippen molar-refractivity contribution in [1.82, 2.24) is 0 Å². The van der Waals surface area contributed by atoms with Gasteiger partial charge in [0.2, 0.25) is 0 Å². The average molecular weight is 227 g/mol. The smallest absolute Gasteiger partial charge is 0.0422 e. The Hall–Kier alpha value is -1.76. The van der Waals surface area contributed by atoms with Crippen molar-refractivity contribution in [1.29, 1.82) is 0 Å². The van der Waals surface area contributed by atoms with E-state index in [-0.39, 0.29) is 0 Å². The largest absolute Gasteiger partial charge is 0.398 e. The zero-order chi connectivity index (χ0) is 12.8. The van der Waals surface area contributed by atoms with Gasteiger partial charge in [-0.05, 0) is 42.6 Å². The molecule has 0 aliphatic heterocycles. The third-order valence-corrected chi connectivity index (χ3v) is 2.77. The molecule has 0 spiro atoms. The van der Waals surface area contributed by atoms with Crippen LogP contribution in [0, 0.1) is 0 Å². The fraction of sp³-hybridized carbons (Fsp3) is 0.250. The lowest BCUT2D eigenvalue weighted by Crippen LogP contribution is -2.05. The fourth-order valence-electron chi connectivity index (χ4n) is 1.76. The maximum absolute atomic E-state index is 6.23. The molecule has 1 rings (SSSR count). The monoisotopic (exact) mass is 227 g/mol. The molecule has 0 saturated heterocycles. The molecule has 0 heterocycles. The molecule has 0 aliphatic rings. The van der Waals surface area contributed by atoms with E-state index < -0.39 is 0 Å². The highest BCUT2D eigenvalue weighted by atomic mass is 14.6. The van der Waals surface area contributed by atoms with Gasteiger partial charge in [0.05, 0.1) is 0 Å². The molecule has 0 radical (unpaired) electrons. The molecule has 90 valence electrons. The van der Waals surface area contributed by atoms with Crippen molar-refractivity contribution < 1.29 is 0 Å². The van der Waals surface area contributed by atoms with Gasteiger partial charge in [-0.25, -0.2) is 0 Å². The molecule has 2 N–H and O–H groups in total. The molecular weight excluding hydrogens is 206 g/mol.